The Morgan fingerprint density at radius 3 is 2.62 bits per heavy atom. The van der Waals surface area contributed by atoms with Crippen LogP contribution in [0.25, 0.3) is 0 Å². The number of aryl methyl sites for hydroxylation is 1. The summed E-state index contributed by atoms with van der Waals surface area (Å²) < 4.78 is 5.29. The minimum Gasteiger partial charge on any atom is -0.480 e. The van der Waals surface area contributed by atoms with Crippen molar-refractivity contribution in [2.45, 2.75) is 46.6 Å². The van der Waals surface area contributed by atoms with Crippen molar-refractivity contribution in [3.63, 3.8) is 0 Å². The highest BCUT2D eigenvalue weighted by Crippen LogP contribution is 2.07. The molecule has 1 rings (SSSR count). The average Bonchev–Trinajstić information content (AvgIpc) is 2.85. The van der Waals surface area contributed by atoms with E-state index in [-0.39, 0.29) is 0 Å². The molecule has 1 aromatic heterocycles. The number of furan rings is 1. The molecule has 0 radical (unpaired) electrons. The molecule has 0 bridgehead atoms. The van der Waals surface area contributed by atoms with E-state index < -0.39 is 12.0 Å². The zero-order valence-corrected chi connectivity index (χ0v) is 13.2. The monoisotopic (exact) mass is 295 g/mol. The van der Waals surface area contributed by atoms with Gasteiger partial charge in [-0.05, 0) is 38.8 Å². The number of hydrogen-bond acceptors (Lipinski definition) is 4. The summed E-state index contributed by atoms with van der Waals surface area (Å²) in [5.74, 6) is 0.870. The van der Waals surface area contributed by atoms with E-state index >= 15 is 0 Å². The van der Waals surface area contributed by atoms with Gasteiger partial charge < -0.3 is 15.3 Å². The van der Waals surface area contributed by atoms with Crippen molar-refractivity contribution in [2.24, 2.45) is 15.7 Å². The Morgan fingerprint density at radius 1 is 1.48 bits per heavy atom. The van der Waals surface area contributed by atoms with Gasteiger partial charge in [-0.1, -0.05) is 13.8 Å². The Balaban J connectivity index is 0.00000191. The van der Waals surface area contributed by atoms with Gasteiger partial charge in [0.15, 0.2) is 0 Å². The summed E-state index contributed by atoms with van der Waals surface area (Å²) in [5, 5.41) is 9.06. The van der Waals surface area contributed by atoms with Gasteiger partial charge in [0.2, 0.25) is 0 Å². The summed E-state index contributed by atoms with van der Waals surface area (Å²) in [6.45, 7) is 8.03. The lowest BCUT2D eigenvalue weighted by Gasteiger charge is -2.05. The first-order chi connectivity index (χ1) is 9.99. The van der Waals surface area contributed by atoms with Crippen molar-refractivity contribution in [1.82, 2.24) is 0 Å². The SMILES string of the molecule is CC.CC(N)=NCCCC(N=Cc1ccc(C)o1)C(=O)O. The first kappa shape index (κ1) is 18.9. The molecule has 0 aliphatic carbocycles. The normalized spacial score (nSPS) is 12.9. The second-order valence-corrected chi connectivity index (χ2v) is 4.25. The van der Waals surface area contributed by atoms with E-state index in [1.807, 2.05) is 20.8 Å². The molecule has 0 saturated heterocycles. The van der Waals surface area contributed by atoms with E-state index in [9.17, 15) is 4.79 Å². The van der Waals surface area contributed by atoms with Crippen molar-refractivity contribution in [1.29, 1.82) is 0 Å². The Labute approximate surface area is 125 Å². The lowest BCUT2D eigenvalue weighted by atomic mass is 10.1. The molecule has 118 valence electrons. The lowest BCUT2D eigenvalue weighted by molar-refractivity contribution is -0.138. The second kappa shape index (κ2) is 10.7. The van der Waals surface area contributed by atoms with Crippen LogP contribution < -0.4 is 5.73 Å². The summed E-state index contributed by atoms with van der Waals surface area (Å²) in [4.78, 5) is 19.1. The van der Waals surface area contributed by atoms with Gasteiger partial charge in [-0.25, -0.2) is 4.79 Å². The molecule has 1 unspecified atom stereocenters. The molecule has 0 aliphatic heterocycles. The maximum absolute atomic E-state index is 11.0. The van der Waals surface area contributed by atoms with Crippen LogP contribution in [0.4, 0.5) is 0 Å². The van der Waals surface area contributed by atoms with Crippen LogP contribution in [-0.4, -0.2) is 35.7 Å². The Morgan fingerprint density at radius 2 is 2.14 bits per heavy atom. The highest BCUT2D eigenvalue weighted by atomic mass is 16.4. The zero-order chi connectivity index (χ0) is 16.3. The molecule has 21 heavy (non-hydrogen) atoms. The Kier molecular flexibility index (Phi) is 9.58. The number of nitrogens with two attached hydrogens (primary N) is 1. The van der Waals surface area contributed by atoms with Crippen molar-refractivity contribution in [2.75, 3.05) is 6.54 Å². The molecule has 0 aliphatic rings. The topological polar surface area (TPSA) is 101 Å². The number of carboxylic acids is 1. The van der Waals surface area contributed by atoms with Gasteiger partial charge >= 0.3 is 5.97 Å². The van der Waals surface area contributed by atoms with Gasteiger partial charge in [-0.15, -0.1) is 0 Å². The van der Waals surface area contributed by atoms with E-state index in [4.69, 9.17) is 15.3 Å². The van der Waals surface area contributed by atoms with Gasteiger partial charge in [-0.2, -0.15) is 0 Å². The molecule has 0 fully saturated rings. The molecular formula is C15H25N3O3. The third-order valence-corrected chi connectivity index (χ3v) is 2.42. The molecule has 1 heterocycles. The lowest BCUT2D eigenvalue weighted by Crippen LogP contribution is -2.18. The summed E-state index contributed by atoms with van der Waals surface area (Å²) >= 11 is 0. The van der Waals surface area contributed by atoms with Crippen LogP contribution in [0.2, 0.25) is 0 Å². The maximum atomic E-state index is 11.0. The van der Waals surface area contributed by atoms with Crippen LogP contribution in [0.5, 0.6) is 0 Å². The van der Waals surface area contributed by atoms with Crippen LogP contribution in [0, 0.1) is 6.92 Å². The second-order valence-electron chi connectivity index (χ2n) is 4.25. The molecule has 1 atom stereocenters. The number of carbonyl (C=O) groups is 1. The van der Waals surface area contributed by atoms with Crippen LogP contribution in [0.3, 0.4) is 0 Å². The smallest absolute Gasteiger partial charge is 0.328 e. The van der Waals surface area contributed by atoms with Gasteiger partial charge in [0, 0.05) is 6.54 Å². The van der Waals surface area contributed by atoms with Gasteiger partial charge in [-0.3, -0.25) is 9.98 Å². The van der Waals surface area contributed by atoms with Gasteiger partial charge in [0.1, 0.15) is 17.6 Å². The minimum absolute atomic E-state index is 0.419. The summed E-state index contributed by atoms with van der Waals surface area (Å²) in [5.41, 5.74) is 5.40. The standard InChI is InChI=1S/C13H19N3O3.C2H6/c1-9-5-6-11(19-9)8-16-12(13(17)18)4-3-7-15-10(2)14;1-2/h5-6,8,12H,3-4,7H2,1-2H3,(H2,14,15)(H,17,18);1-2H3. The predicted octanol–water partition coefficient (Wildman–Crippen LogP) is 2.64. The van der Waals surface area contributed by atoms with Crippen molar-refractivity contribution in [3.05, 3.63) is 23.7 Å². The first-order valence-corrected chi connectivity index (χ1v) is 7.08. The molecular weight excluding hydrogens is 270 g/mol. The van der Waals surface area contributed by atoms with Crippen LogP contribution in [-0.2, 0) is 4.79 Å². The quantitative estimate of drug-likeness (QED) is 0.458. The number of aliphatic carboxylic acids is 1. The summed E-state index contributed by atoms with van der Waals surface area (Å²) in [6.07, 6.45) is 2.49. The first-order valence-electron chi connectivity index (χ1n) is 7.08. The fourth-order valence-corrected chi connectivity index (χ4v) is 1.49. The van der Waals surface area contributed by atoms with Crippen LogP contribution >= 0.6 is 0 Å². The average molecular weight is 295 g/mol. The van der Waals surface area contributed by atoms with Gasteiger partial charge in [0.25, 0.3) is 0 Å². The van der Waals surface area contributed by atoms with Crippen molar-refractivity contribution in [3.8, 4) is 0 Å². The predicted molar refractivity (Wildman–Crippen MR) is 85.2 cm³/mol. The Hall–Kier alpha value is -2.11. The molecule has 6 nitrogen and oxygen atoms in total. The summed E-state index contributed by atoms with van der Waals surface area (Å²) in [6, 6.07) is 2.77. The maximum Gasteiger partial charge on any atom is 0.328 e. The largest absolute Gasteiger partial charge is 0.480 e. The molecule has 0 amide bonds. The number of amidine groups is 1. The van der Waals surface area contributed by atoms with E-state index in [1.165, 1.54) is 6.21 Å². The molecule has 1 aromatic rings. The Bertz CT molecular complexity index is 474. The fraction of sp³-hybridized carbons (Fsp3) is 0.533. The van der Waals surface area contributed by atoms with E-state index in [2.05, 4.69) is 9.98 Å². The number of rotatable bonds is 7. The van der Waals surface area contributed by atoms with E-state index in [0.717, 1.165) is 5.76 Å². The highest BCUT2D eigenvalue weighted by Gasteiger charge is 2.14. The number of nitrogens with zero attached hydrogens (tertiary/aromatic N) is 2. The van der Waals surface area contributed by atoms with Gasteiger partial charge in [0.05, 0.1) is 12.1 Å². The molecule has 0 spiro atoms. The third-order valence-electron chi connectivity index (χ3n) is 2.42. The van der Waals surface area contributed by atoms with Crippen LogP contribution in [0.15, 0.2) is 26.5 Å². The number of carboxylic acid groups (broad SMARTS) is 1. The van der Waals surface area contributed by atoms with Crippen molar-refractivity contribution < 1.29 is 14.3 Å². The molecule has 0 saturated carbocycles. The molecule has 6 heteroatoms. The molecule has 0 aromatic carbocycles. The highest BCUT2D eigenvalue weighted by molar-refractivity contribution is 5.81. The third kappa shape index (κ3) is 8.62. The summed E-state index contributed by atoms with van der Waals surface area (Å²) in [7, 11) is 0. The van der Waals surface area contributed by atoms with E-state index in [0.29, 0.717) is 31.0 Å². The van der Waals surface area contributed by atoms with Crippen LogP contribution in [0.1, 0.15) is 45.1 Å². The van der Waals surface area contributed by atoms with E-state index in [1.54, 1.807) is 19.1 Å². The minimum atomic E-state index is -0.951. The number of aliphatic imine (C=N–C) groups is 2. The number of hydrogen-bond donors (Lipinski definition) is 2. The molecule has 3 N–H and O–H groups in total. The fourth-order valence-electron chi connectivity index (χ4n) is 1.49. The van der Waals surface area contributed by atoms with Crippen molar-refractivity contribution >= 4 is 18.0 Å². The zero-order valence-electron chi connectivity index (χ0n) is 13.2.